The van der Waals surface area contributed by atoms with E-state index in [9.17, 15) is 4.79 Å². The molecule has 0 spiro atoms. The lowest BCUT2D eigenvalue weighted by Gasteiger charge is -2.03. The van der Waals surface area contributed by atoms with Crippen LogP contribution in [0.25, 0.3) is 0 Å². The van der Waals surface area contributed by atoms with Crippen LogP contribution in [0.2, 0.25) is 0 Å². The van der Waals surface area contributed by atoms with E-state index in [1.807, 2.05) is 0 Å². The van der Waals surface area contributed by atoms with Gasteiger partial charge >= 0.3 is 0 Å². The summed E-state index contributed by atoms with van der Waals surface area (Å²) >= 11 is 5.86. The zero-order valence-electron chi connectivity index (χ0n) is 18.0. The van der Waals surface area contributed by atoms with Crippen molar-refractivity contribution in [2.45, 2.75) is 110 Å². The quantitative estimate of drug-likeness (QED) is 0.186. The number of carbonyl (C=O) groups is 1. The summed E-state index contributed by atoms with van der Waals surface area (Å²) in [5.74, 6) is 0. The van der Waals surface area contributed by atoms with Crippen molar-refractivity contribution in [2.75, 3.05) is 19.8 Å². The minimum atomic E-state index is -0.176. The number of thiocarbonyl (C=S) groups is 1. The van der Waals surface area contributed by atoms with Gasteiger partial charge in [-0.05, 0) is 18.2 Å². The molecular formula is C22H44O4S2. The van der Waals surface area contributed by atoms with E-state index < -0.39 is 0 Å². The van der Waals surface area contributed by atoms with E-state index in [0.717, 1.165) is 24.6 Å². The molecule has 0 atom stereocenters. The number of hydrogen-bond acceptors (Lipinski definition) is 6. The lowest BCUT2D eigenvalue weighted by molar-refractivity contribution is -0.111. The van der Waals surface area contributed by atoms with Gasteiger partial charge in [0.25, 0.3) is 0 Å². The Morgan fingerprint density at radius 3 is 1.36 bits per heavy atom. The number of hydrogen-bond donors (Lipinski definition) is 3. The molecule has 0 heterocycles. The second-order valence-corrected chi connectivity index (χ2v) is 9.05. The van der Waals surface area contributed by atoms with Crippen LogP contribution in [0.4, 0.5) is 0 Å². The number of aliphatic hydroxyl groups is 3. The first-order valence-corrected chi connectivity index (χ1v) is 12.4. The summed E-state index contributed by atoms with van der Waals surface area (Å²) in [6.45, 7) is 1.85. The summed E-state index contributed by atoms with van der Waals surface area (Å²) in [6.07, 6.45) is 20.6. The molecule has 0 saturated carbocycles. The molecule has 0 fully saturated rings. The summed E-state index contributed by atoms with van der Waals surface area (Å²) < 4.78 is 0.390. The molecular weight excluding hydrogens is 392 g/mol. The molecule has 0 bridgehead atoms. The van der Waals surface area contributed by atoms with Gasteiger partial charge in [0.2, 0.25) is 0 Å². The monoisotopic (exact) mass is 436 g/mol. The number of carbonyl (C=O) groups excluding carboxylic acids is 1. The van der Waals surface area contributed by atoms with E-state index in [0.29, 0.717) is 10.6 Å². The fourth-order valence-corrected chi connectivity index (χ4v) is 3.69. The third-order valence-corrected chi connectivity index (χ3v) is 5.61. The molecule has 0 aromatic rings. The van der Waals surface area contributed by atoms with Crippen LogP contribution < -0.4 is 0 Å². The van der Waals surface area contributed by atoms with Crippen molar-refractivity contribution in [3.8, 4) is 0 Å². The summed E-state index contributed by atoms with van der Waals surface area (Å²) in [6, 6.07) is 0. The van der Waals surface area contributed by atoms with Crippen molar-refractivity contribution < 1.29 is 20.1 Å². The molecule has 0 aromatic carbocycles. The molecule has 0 aromatic heterocycles. The molecule has 0 aliphatic heterocycles. The van der Waals surface area contributed by atoms with E-state index >= 15 is 0 Å². The second-order valence-electron chi connectivity index (χ2n) is 7.15. The van der Waals surface area contributed by atoms with Gasteiger partial charge in [-0.15, -0.1) is 0 Å². The maximum Gasteiger partial charge on any atom is 0.194 e. The number of aliphatic hydroxyl groups excluding tert-OH is 3. The van der Waals surface area contributed by atoms with Crippen LogP contribution >= 0.6 is 24.0 Å². The van der Waals surface area contributed by atoms with Crippen molar-refractivity contribution in [1.82, 2.24) is 0 Å². The van der Waals surface area contributed by atoms with Gasteiger partial charge < -0.3 is 15.3 Å². The Morgan fingerprint density at radius 2 is 1.04 bits per heavy atom. The highest BCUT2D eigenvalue weighted by atomic mass is 32.2. The lowest BCUT2D eigenvalue weighted by Crippen LogP contribution is -2.01. The van der Waals surface area contributed by atoms with E-state index in [1.165, 1.54) is 83.5 Å². The van der Waals surface area contributed by atoms with Crippen LogP contribution in [0.1, 0.15) is 110 Å². The fraction of sp³-hybridized carbons (Fsp3) is 0.909. The Kier molecular flexibility index (Phi) is 29.1. The van der Waals surface area contributed by atoms with Crippen LogP contribution in [0.3, 0.4) is 0 Å². The van der Waals surface area contributed by atoms with Crippen molar-refractivity contribution >= 4 is 33.3 Å². The molecule has 0 radical (unpaired) electrons. The smallest absolute Gasteiger partial charge is 0.194 e. The SMILES string of the molecule is CCCCCCCCCCCCCCCCCC(=O)SC(=S)CO.OCCO. The zero-order chi connectivity index (χ0) is 21.3. The molecule has 168 valence electrons. The average molecular weight is 437 g/mol. The minimum Gasteiger partial charge on any atom is -0.394 e. The van der Waals surface area contributed by atoms with Gasteiger partial charge in [-0.25, -0.2) is 0 Å². The molecule has 3 N–H and O–H groups in total. The summed E-state index contributed by atoms with van der Waals surface area (Å²) in [4.78, 5) is 11.5. The molecule has 0 amide bonds. The van der Waals surface area contributed by atoms with Crippen molar-refractivity contribution in [3.63, 3.8) is 0 Å². The van der Waals surface area contributed by atoms with E-state index in [-0.39, 0.29) is 24.9 Å². The standard InChI is InChI=1S/C20H38O2S2.C2H6O2/c1-2-3-4-5-6-7-8-9-10-11-12-13-14-15-16-17-19(22)24-20(23)18-21;3-1-2-4/h21H,2-18H2,1H3;3-4H,1-2H2. The second kappa shape index (κ2) is 27.0. The molecule has 0 aliphatic carbocycles. The molecule has 4 nitrogen and oxygen atoms in total. The van der Waals surface area contributed by atoms with E-state index in [2.05, 4.69) is 6.92 Å². The lowest BCUT2D eigenvalue weighted by atomic mass is 10.0. The van der Waals surface area contributed by atoms with E-state index in [4.69, 9.17) is 27.5 Å². The Labute approximate surface area is 182 Å². The first-order chi connectivity index (χ1) is 13.6. The van der Waals surface area contributed by atoms with Crippen LogP contribution in [0.15, 0.2) is 0 Å². The summed E-state index contributed by atoms with van der Waals surface area (Å²) in [5, 5.41) is 24.1. The third-order valence-electron chi connectivity index (χ3n) is 4.44. The number of unbranched alkanes of at least 4 members (excludes halogenated alkanes) is 14. The molecule has 28 heavy (non-hydrogen) atoms. The largest absolute Gasteiger partial charge is 0.394 e. The maximum atomic E-state index is 11.5. The first kappa shape index (κ1) is 30.2. The van der Waals surface area contributed by atoms with Crippen molar-refractivity contribution in [3.05, 3.63) is 0 Å². The number of thioether (sulfide) groups is 1. The van der Waals surface area contributed by atoms with Gasteiger partial charge in [0.1, 0.15) is 0 Å². The van der Waals surface area contributed by atoms with Gasteiger partial charge in [0, 0.05) is 6.42 Å². The highest BCUT2D eigenvalue weighted by Crippen LogP contribution is 2.15. The normalized spacial score (nSPS) is 10.4. The minimum absolute atomic E-state index is 0.101. The van der Waals surface area contributed by atoms with Crippen LogP contribution in [0.5, 0.6) is 0 Å². The summed E-state index contributed by atoms with van der Waals surface area (Å²) in [5.41, 5.74) is 0. The first-order valence-electron chi connectivity index (χ1n) is 11.2. The Bertz CT molecular complexity index is 336. The Balaban J connectivity index is 0. The fourth-order valence-electron chi connectivity index (χ4n) is 2.85. The average Bonchev–Trinajstić information content (AvgIpc) is 2.70. The molecule has 0 saturated heterocycles. The predicted molar refractivity (Wildman–Crippen MR) is 126 cm³/mol. The summed E-state index contributed by atoms with van der Waals surface area (Å²) in [7, 11) is 0. The highest BCUT2D eigenvalue weighted by molar-refractivity contribution is 8.33. The highest BCUT2D eigenvalue weighted by Gasteiger charge is 2.05. The topological polar surface area (TPSA) is 77.8 Å². The van der Waals surface area contributed by atoms with E-state index in [1.54, 1.807) is 0 Å². The van der Waals surface area contributed by atoms with Crippen LogP contribution in [-0.4, -0.2) is 44.5 Å². The van der Waals surface area contributed by atoms with Crippen LogP contribution in [0, 0.1) is 0 Å². The van der Waals surface area contributed by atoms with Gasteiger partial charge in [-0.1, -0.05) is 109 Å². The zero-order valence-corrected chi connectivity index (χ0v) is 19.6. The van der Waals surface area contributed by atoms with Crippen LogP contribution in [-0.2, 0) is 4.79 Å². The van der Waals surface area contributed by atoms with Gasteiger partial charge in [-0.3, -0.25) is 4.79 Å². The van der Waals surface area contributed by atoms with Gasteiger partial charge in [0.15, 0.2) is 5.12 Å². The third kappa shape index (κ3) is 28.2. The van der Waals surface area contributed by atoms with Crippen molar-refractivity contribution in [2.24, 2.45) is 0 Å². The van der Waals surface area contributed by atoms with Crippen molar-refractivity contribution in [1.29, 1.82) is 0 Å². The van der Waals surface area contributed by atoms with Gasteiger partial charge in [-0.2, -0.15) is 0 Å². The Morgan fingerprint density at radius 1 is 0.679 bits per heavy atom. The van der Waals surface area contributed by atoms with Gasteiger partial charge in [0.05, 0.1) is 24.0 Å². The number of rotatable bonds is 18. The molecule has 0 aliphatic rings. The molecule has 6 heteroatoms. The maximum absolute atomic E-state index is 11.5. The molecule has 0 unspecified atom stereocenters. The predicted octanol–water partition coefficient (Wildman–Crippen LogP) is 5.80. The molecule has 0 rings (SSSR count). The Hall–Kier alpha value is -0.0100.